The lowest BCUT2D eigenvalue weighted by atomic mass is 10.1. The highest BCUT2D eigenvalue weighted by Crippen LogP contribution is 2.23. The van der Waals surface area contributed by atoms with Gasteiger partial charge in [-0.25, -0.2) is 9.78 Å². The number of carbonyl (C=O) groups is 1. The van der Waals surface area contributed by atoms with E-state index >= 15 is 0 Å². The number of nitrogens with two attached hydrogens (primary N) is 1. The molecule has 0 aliphatic carbocycles. The fourth-order valence-corrected chi connectivity index (χ4v) is 2.42. The Bertz CT molecular complexity index is 884. The van der Waals surface area contributed by atoms with Crippen molar-refractivity contribution in [3.63, 3.8) is 0 Å². The molecule has 4 N–H and O–H groups in total. The number of fused-ring (bicyclic) bond motifs is 1. The van der Waals surface area contributed by atoms with Crippen LogP contribution in [0.15, 0.2) is 36.8 Å². The second-order valence-corrected chi connectivity index (χ2v) is 5.41. The summed E-state index contributed by atoms with van der Waals surface area (Å²) >= 11 is 0. The first-order chi connectivity index (χ1) is 11.5. The molecule has 0 aliphatic heterocycles. The molecule has 3 rings (SSSR count). The molecule has 0 unspecified atom stereocenters. The molecule has 122 valence electrons. The Kier molecular flexibility index (Phi) is 4.19. The topological polar surface area (TPSA) is 127 Å². The van der Waals surface area contributed by atoms with Crippen LogP contribution in [0.1, 0.15) is 23.0 Å². The summed E-state index contributed by atoms with van der Waals surface area (Å²) in [6.45, 7) is 1.97. The monoisotopic (exact) mass is 324 g/mol. The number of carboxylic acids is 1. The van der Waals surface area contributed by atoms with Gasteiger partial charge < -0.3 is 16.2 Å². The normalized spacial score (nSPS) is 12.0. The number of anilines is 2. The lowest BCUT2D eigenvalue weighted by molar-refractivity contribution is 0.0697. The minimum atomic E-state index is -1.01. The fourth-order valence-electron chi connectivity index (χ4n) is 2.42. The third-order valence-electron chi connectivity index (χ3n) is 3.48. The third kappa shape index (κ3) is 3.37. The Morgan fingerprint density at radius 1 is 1.33 bits per heavy atom. The Balaban J connectivity index is 1.92. The van der Waals surface area contributed by atoms with E-state index in [9.17, 15) is 4.79 Å². The summed E-state index contributed by atoms with van der Waals surface area (Å²) in [5.41, 5.74) is 7.34. The number of hydrogen-bond acceptors (Lipinski definition) is 7. The predicted molar refractivity (Wildman–Crippen MR) is 89.7 cm³/mol. The molecule has 1 aromatic carbocycles. The molecule has 24 heavy (non-hydrogen) atoms. The SMILES string of the molecule is C[C@H](Cc1cnccn1)Nc1nc(N)nc2ccc(C(=O)O)cc12. The van der Waals surface area contributed by atoms with E-state index in [1.54, 1.807) is 24.7 Å². The van der Waals surface area contributed by atoms with Crippen LogP contribution in [0.3, 0.4) is 0 Å². The van der Waals surface area contributed by atoms with Gasteiger partial charge in [0.2, 0.25) is 5.95 Å². The van der Waals surface area contributed by atoms with Gasteiger partial charge in [0.25, 0.3) is 0 Å². The summed E-state index contributed by atoms with van der Waals surface area (Å²) < 4.78 is 0. The summed E-state index contributed by atoms with van der Waals surface area (Å²) in [5.74, 6) is -0.385. The van der Waals surface area contributed by atoms with Crippen LogP contribution < -0.4 is 11.1 Å². The third-order valence-corrected chi connectivity index (χ3v) is 3.48. The van der Waals surface area contributed by atoms with E-state index < -0.39 is 5.97 Å². The second kappa shape index (κ2) is 6.45. The average Bonchev–Trinajstić information content (AvgIpc) is 2.55. The van der Waals surface area contributed by atoms with E-state index in [1.807, 2.05) is 6.92 Å². The maximum atomic E-state index is 11.2. The Labute approximate surface area is 137 Å². The minimum Gasteiger partial charge on any atom is -0.478 e. The molecule has 3 aromatic rings. The summed E-state index contributed by atoms with van der Waals surface area (Å²) in [6.07, 6.45) is 5.60. The lowest BCUT2D eigenvalue weighted by Gasteiger charge is -2.16. The van der Waals surface area contributed by atoms with Gasteiger partial charge in [0.1, 0.15) is 5.82 Å². The van der Waals surface area contributed by atoms with Gasteiger partial charge in [-0.3, -0.25) is 9.97 Å². The summed E-state index contributed by atoms with van der Waals surface area (Å²) in [7, 11) is 0. The molecule has 8 nitrogen and oxygen atoms in total. The molecule has 8 heteroatoms. The van der Waals surface area contributed by atoms with Gasteiger partial charge in [-0.05, 0) is 25.1 Å². The van der Waals surface area contributed by atoms with Gasteiger partial charge in [0.05, 0.1) is 16.8 Å². The van der Waals surface area contributed by atoms with Crippen LogP contribution in [0.2, 0.25) is 0 Å². The van der Waals surface area contributed by atoms with Crippen molar-refractivity contribution in [1.82, 2.24) is 19.9 Å². The van der Waals surface area contributed by atoms with Crippen molar-refractivity contribution >= 4 is 28.6 Å². The number of nitrogens with zero attached hydrogens (tertiary/aromatic N) is 4. The molecule has 0 saturated carbocycles. The molecule has 1 atom stereocenters. The average molecular weight is 324 g/mol. The Morgan fingerprint density at radius 2 is 2.17 bits per heavy atom. The predicted octanol–water partition coefficient (Wildman–Crippen LogP) is 1.74. The quantitative estimate of drug-likeness (QED) is 0.647. The van der Waals surface area contributed by atoms with Crippen molar-refractivity contribution in [2.45, 2.75) is 19.4 Å². The maximum absolute atomic E-state index is 11.2. The standard InChI is InChI=1S/C16H16N6O2/c1-9(6-11-8-18-4-5-19-11)20-14-12-7-10(15(23)24)2-3-13(12)21-16(17)22-14/h2-5,7-9H,6H2,1H3,(H,23,24)(H3,17,20,21,22)/t9-/m1/s1. The van der Waals surface area contributed by atoms with Crippen LogP contribution >= 0.6 is 0 Å². The molecular weight excluding hydrogens is 308 g/mol. The van der Waals surface area contributed by atoms with Crippen LogP contribution in [-0.2, 0) is 6.42 Å². The van der Waals surface area contributed by atoms with Gasteiger partial charge >= 0.3 is 5.97 Å². The number of carboxylic acid groups (broad SMARTS) is 1. The number of aromatic nitrogens is 4. The molecule has 2 aromatic heterocycles. The maximum Gasteiger partial charge on any atom is 0.335 e. The largest absolute Gasteiger partial charge is 0.478 e. The smallest absolute Gasteiger partial charge is 0.335 e. The molecule has 0 saturated heterocycles. The number of nitrogens with one attached hydrogen (secondary N) is 1. The van der Waals surface area contributed by atoms with E-state index in [4.69, 9.17) is 10.8 Å². The van der Waals surface area contributed by atoms with Gasteiger partial charge in [-0.2, -0.15) is 4.98 Å². The zero-order valence-electron chi connectivity index (χ0n) is 13.0. The summed E-state index contributed by atoms with van der Waals surface area (Å²) in [6, 6.07) is 4.64. The van der Waals surface area contributed by atoms with E-state index in [2.05, 4.69) is 25.3 Å². The van der Waals surface area contributed by atoms with Crippen LogP contribution in [0.5, 0.6) is 0 Å². The zero-order valence-corrected chi connectivity index (χ0v) is 13.0. The molecule has 0 spiro atoms. The van der Waals surface area contributed by atoms with Crippen LogP contribution in [-0.4, -0.2) is 37.1 Å². The fraction of sp³-hybridized carbons (Fsp3) is 0.188. The van der Waals surface area contributed by atoms with Gasteiger partial charge in [-0.15, -0.1) is 0 Å². The second-order valence-electron chi connectivity index (χ2n) is 5.41. The van der Waals surface area contributed by atoms with Crippen molar-refractivity contribution in [3.05, 3.63) is 48.0 Å². The molecular formula is C16H16N6O2. The van der Waals surface area contributed by atoms with E-state index in [-0.39, 0.29) is 17.6 Å². The van der Waals surface area contributed by atoms with Crippen molar-refractivity contribution in [3.8, 4) is 0 Å². The van der Waals surface area contributed by atoms with Crippen LogP contribution in [0.25, 0.3) is 10.9 Å². The molecule has 0 aliphatic rings. The first-order valence-corrected chi connectivity index (χ1v) is 7.35. The molecule has 0 bridgehead atoms. The highest BCUT2D eigenvalue weighted by molar-refractivity contribution is 5.97. The van der Waals surface area contributed by atoms with E-state index in [0.717, 1.165) is 5.69 Å². The molecule has 0 radical (unpaired) electrons. The number of aromatic carboxylic acids is 1. The molecule has 2 heterocycles. The van der Waals surface area contributed by atoms with Crippen molar-refractivity contribution in [2.24, 2.45) is 0 Å². The van der Waals surface area contributed by atoms with Crippen LogP contribution in [0.4, 0.5) is 11.8 Å². The number of benzene rings is 1. The van der Waals surface area contributed by atoms with E-state index in [0.29, 0.717) is 23.1 Å². The molecule has 0 amide bonds. The highest BCUT2D eigenvalue weighted by Gasteiger charge is 2.13. The van der Waals surface area contributed by atoms with Crippen LogP contribution in [0, 0.1) is 0 Å². The van der Waals surface area contributed by atoms with Gasteiger partial charge in [0, 0.05) is 36.4 Å². The van der Waals surface area contributed by atoms with Gasteiger partial charge in [-0.1, -0.05) is 0 Å². The molecule has 0 fully saturated rings. The number of nitrogen functional groups attached to an aromatic ring is 1. The Morgan fingerprint density at radius 3 is 2.88 bits per heavy atom. The highest BCUT2D eigenvalue weighted by atomic mass is 16.4. The lowest BCUT2D eigenvalue weighted by Crippen LogP contribution is -2.20. The van der Waals surface area contributed by atoms with Crippen molar-refractivity contribution in [1.29, 1.82) is 0 Å². The summed E-state index contributed by atoms with van der Waals surface area (Å²) in [5, 5.41) is 13.0. The van der Waals surface area contributed by atoms with Gasteiger partial charge in [0.15, 0.2) is 0 Å². The number of rotatable bonds is 5. The first-order valence-electron chi connectivity index (χ1n) is 7.35. The summed E-state index contributed by atoms with van der Waals surface area (Å²) in [4.78, 5) is 27.8. The van der Waals surface area contributed by atoms with E-state index in [1.165, 1.54) is 12.1 Å². The minimum absolute atomic E-state index is 0.00677. The first kappa shape index (κ1) is 15.6. The van der Waals surface area contributed by atoms with Crippen molar-refractivity contribution < 1.29 is 9.90 Å². The Hall–Kier alpha value is -3.29. The zero-order chi connectivity index (χ0) is 17.1. The number of hydrogen-bond donors (Lipinski definition) is 3. The van der Waals surface area contributed by atoms with Crippen molar-refractivity contribution in [2.75, 3.05) is 11.1 Å².